The highest BCUT2D eigenvalue weighted by Gasteiger charge is 2.39. The second-order valence-electron chi connectivity index (χ2n) is 5.54. The monoisotopic (exact) mass is 380 g/mol. The number of rotatable bonds is 3. The molecule has 0 aliphatic heterocycles. The van der Waals surface area contributed by atoms with Crippen LogP contribution in [0.4, 0.5) is 13.2 Å². The molecule has 0 atom stereocenters. The maximum atomic E-state index is 13.5. The largest absolute Gasteiger partial charge is 0.504 e. The van der Waals surface area contributed by atoms with Crippen LogP contribution in [0.15, 0.2) is 45.6 Å². The second kappa shape index (κ2) is 6.35. The summed E-state index contributed by atoms with van der Waals surface area (Å²) in [5.74, 6) is -3.41. The number of ether oxygens (including phenoxy) is 1. The first kappa shape index (κ1) is 18.3. The van der Waals surface area contributed by atoms with Crippen molar-refractivity contribution in [2.24, 2.45) is 0 Å². The maximum Gasteiger partial charge on any atom is 0.450 e. The molecule has 9 heteroatoms. The standard InChI is InChI=1S/C18H11F3O6/c1-26-13-6-10-12(7-11(13)22)27-16(18(19,20)21)14(15(10)23)8-2-4-9(5-3-8)17(24)25/h2-7,22H,1H3,(H,24,25). The minimum absolute atomic E-state index is 0.110. The Bertz CT molecular complexity index is 1100. The molecule has 0 saturated carbocycles. The van der Waals surface area contributed by atoms with Gasteiger partial charge in [-0.1, -0.05) is 12.1 Å². The van der Waals surface area contributed by atoms with E-state index in [4.69, 9.17) is 14.3 Å². The zero-order chi connectivity index (χ0) is 19.9. The Hall–Kier alpha value is -3.49. The molecule has 0 amide bonds. The van der Waals surface area contributed by atoms with E-state index in [0.29, 0.717) is 0 Å². The quantitative estimate of drug-likeness (QED) is 0.716. The lowest BCUT2D eigenvalue weighted by Crippen LogP contribution is -2.16. The lowest BCUT2D eigenvalue weighted by Gasteiger charge is -2.13. The van der Waals surface area contributed by atoms with Crippen LogP contribution in [0.3, 0.4) is 0 Å². The van der Waals surface area contributed by atoms with Crippen LogP contribution < -0.4 is 10.2 Å². The van der Waals surface area contributed by atoms with E-state index in [-0.39, 0.29) is 22.3 Å². The Morgan fingerprint density at radius 3 is 2.30 bits per heavy atom. The van der Waals surface area contributed by atoms with Gasteiger partial charge in [-0.05, 0) is 23.8 Å². The van der Waals surface area contributed by atoms with Gasteiger partial charge in [-0.25, -0.2) is 4.79 Å². The smallest absolute Gasteiger partial charge is 0.450 e. The van der Waals surface area contributed by atoms with Crippen molar-refractivity contribution in [3.63, 3.8) is 0 Å². The molecule has 0 spiro atoms. The van der Waals surface area contributed by atoms with Crippen LogP contribution in [0.2, 0.25) is 0 Å². The van der Waals surface area contributed by atoms with E-state index in [1.807, 2.05) is 0 Å². The molecule has 3 aromatic rings. The number of alkyl halides is 3. The molecule has 2 aromatic carbocycles. The summed E-state index contributed by atoms with van der Waals surface area (Å²) in [7, 11) is 1.22. The molecule has 27 heavy (non-hydrogen) atoms. The van der Waals surface area contributed by atoms with Crippen molar-refractivity contribution in [1.82, 2.24) is 0 Å². The van der Waals surface area contributed by atoms with E-state index in [0.717, 1.165) is 36.4 Å². The van der Waals surface area contributed by atoms with Gasteiger partial charge in [0.25, 0.3) is 0 Å². The number of methoxy groups -OCH3 is 1. The predicted octanol–water partition coefficient (Wildman–Crippen LogP) is 3.89. The lowest BCUT2D eigenvalue weighted by atomic mass is 10.00. The van der Waals surface area contributed by atoms with E-state index in [1.165, 1.54) is 7.11 Å². The van der Waals surface area contributed by atoms with E-state index < -0.39 is 40.2 Å². The van der Waals surface area contributed by atoms with Crippen molar-refractivity contribution in [2.75, 3.05) is 7.11 Å². The molecule has 1 heterocycles. The van der Waals surface area contributed by atoms with Gasteiger partial charge in [0.1, 0.15) is 5.58 Å². The van der Waals surface area contributed by atoms with Crippen molar-refractivity contribution < 1.29 is 37.3 Å². The minimum atomic E-state index is -5.00. The molecular formula is C18H11F3O6. The van der Waals surface area contributed by atoms with E-state index in [9.17, 15) is 27.9 Å². The molecular weight excluding hydrogens is 369 g/mol. The number of fused-ring (bicyclic) bond motifs is 1. The molecule has 0 bridgehead atoms. The van der Waals surface area contributed by atoms with Crippen molar-refractivity contribution in [3.8, 4) is 22.6 Å². The Kier molecular flexibility index (Phi) is 4.30. The molecule has 0 unspecified atom stereocenters. The summed E-state index contributed by atoms with van der Waals surface area (Å²) >= 11 is 0. The van der Waals surface area contributed by atoms with Gasteiger partial charge < -0.3 is 19.4 Å². The Balaban J connectivity index is 2.38. The molecule has 1 aromatic heterocycles. The number of phenolic OH excluding ortho intramolecular Hbond substituents is 1. The normalized spacial score (nSPS) is 11.6. The number of carboxylic acids is 1. The van der Waals surface area contributed by atoms with Gasteiger partial charge >= 0.3 is 12.1 Å². The number of carbonyl (C=O) groups is 1. The first-order valence-electron chi connectivity index (χ1n) is 7.42. The first-order chi connectivity index (χ1) is 12.6. The third kappa shape index (κ3) is 3.19. The average Bonchev–Trinajstić information content (AvgIpc) is 2.60. The lowest BCUT2D eigenvalue weighted by molar-refractivity contribution is -0.152. The van der Waals surface area contributed by atoms with Gasteiger partial charge in [0, 0.05) is 6.07 Å². The average molecular weight is 380 g/mol. The fourth-order valence-electron chi connectivity index (χ4n) is 2.61. The van der Waals surface area contributed by atoms with Gasteiger partial charge in [-0.15, -0.1) is 0 Å². The maximum absolute atomic E-state index is 13.5. The predicted molar refractivity (Wildman–Crippen MR) is 88.1 cm³/mol. The highest BCUT2D eigenvalue weighted by atomic mass is 19.4. The van der Waals surface area contributed by atoms with Crippen LogP contribution in [0.25, 0.3) is 22.1 Å². The molecule has 0 fully saturated rings. The first-order valence-corrected chi connectivity index (χ1v) is 7.42. The number of benzene rings is 2. The Labute approximate surface area is 149 Å². The number of hydrogen-bond acceptors (Lipinski definition) is 5. The number of hydrogen-bond donors (Lipinski definition) is 2. The summed E-state index contributed by atoms with van der Waals surface area (Å²) < 4.78 is 50.2. The number of aromatic hydroxyl groups is 1. The fraction of sp³-hybridized carbons (Fsp3) is 0.111. The SMILES string of the molecule is COc1cc2c(=O)c(-c3ccc(C(=O)O)cc3)c(C(F)(F)F)oc2cc1O. The molecule has 140 valence electrons. The summed E-state index contributed by atoms with van der Waals surface area (Å²) in [6.07, 6.45) is -5.00. The van der Waals surface area contributed by atoms with Crippen LogP contribution in [0.5, 0.6) is 11.5 Å². The van der Waals surface area contributed by atoms with E-state index in [1.54, 1.807) is 0 Å². The van der Waals surface area contributed by atoms with Crippen molar-refractivity contribution in [2.45, 2.75) is 6.18 Å². The Morgan fingerprint density at radius 2 is 1.78 bits per heavy atom. The van der Waals surface area contributed by atoms with Gasteiger partial charge in [0.15, 0.2) is 11.5 Å². The van der Waals surface area contributed by atoms with E-state index in [2.05, 4.69) is 0 Å². The molecule has 6 nitrogen and oxygen atoms in total. The minimum Gasteiger partial charge on any atom is -0.504 e. The second-order valence-corrected chi connectivity index (χ2v) is 5.54. The fourth-order valence-corrected chi connectivity index (χ4v) is 2.61. The zero-order valence-electron chi connectivity index (χ0n) is 13.6. The molecule has 0 aliphatic rings. The van der Waals surface area contributed by atoms with Crippen LogP contribution in [-0.2, 0) is 6.18 Å². The third-order valence-corrected chi connectivity index (χ3v) is 3.87. The van der Waals surface area contributed by atoms with Gasteiger partial charge in [0.05, 0.1) is 23.6 Å². The summed E-state index contributed by atoms with van der Waals surface area (Å²) in [6.45, 7) is 0. The summed E-state index contributed by atoms with van der Waals surface area (Å²) in [5.41, 5.74) is -2.53. The van der Waals surface area contributed by atoms with Gasteiger partial charge in [-0.2, -0.15) is 13.2 Å². The van der Waals surface area contributed by atoms with Gasteiger partial charge in [-0.3, -0.25) is 4.79 Å². The summed E-state index contributed by atoms with van der Waals surface area (Å²) in [6, 6.07) is 6.29. The number of carboxylic acid groups (broad SMARTS) is 1. The molecule has 0 saturated heterocycles. The van der Waals surface area contributed by atoms with Crippen molar-refractivity contribution in [3.05, 3.63) is 57.9 Å². The number of halogens is 3. The molecule has 2 N–H and O–H groups in total. The number of phenols is 1. The van der Waals surface area contributed by atoms with Crippen molar-refractivity contribution >= 4 is 16.9 Å². The molecule has 0 radical (unpaired) electrons. The highest BCUT2D eigenvalue weighted by molar-refractivity contribution is 5.89. The third-order valence-electron chi connectivity index (χ3n) is 3.87. The summed E-state index contributed by atoms with van der Waals surface area (Å²) in [5, 5.41) is 18.4. The van der Waals surface area contributed by atoms with Crippen LogP contribution in [0.1, 0.15) is 16.1 Å². The van der Waals surface area contributed by atoms with E-state index >= 15 is 0 Å². The highest BCUT2D eigenvalue weighted by Crippen LogP contribution is 2.39. The van der Waals surface area contributed by atoms with Crippen LogP contribution in [-0.4, -0.2) is 23.3 Å². The Morgan fingerprint density at radius 1 is 1.15 bits per heavy atom. The van der Waals surface area contributed by atoms with Crippen LogP contribution in [0, 0.1) is 0 Å². The van der Waals surface area contributed by atoms with Gasteiger partial charge in [0.2, 0.25) is 11.2 Å². The topological polar surface area (TPSA) is 97.0 Å². The molecule has 0 aliphatic carbocycles. The zero-order valence-corrected chi connectivity index (χ0v) is 13.6. The number of aromatic carboxylic acids is 1. The van der Waals surface area contributed by atoms with Crippen LogP contribution >= 0.6 is 0 Å². The molecule has 3 rings (SSSR count). The summed E-state index contributed by atoms with van der Waals surface area (Å²) in [4.78, 5) is 23.7. The van der Waals surface area contributed by atoms with Crippen molar-refractivity contribution in [1.29, 1.82) is 0 Å².